The fourth-order valence-electron chi connectivity index (χ4n) is 0. The molecule has 0 aliphatic rings. The summed E-state index contributed by atoms with van der Waals surface area (Å²) in [6, 6.07) is 0. The second-order valence-electron chi connectivity index (χ2n) is 3.06. The van der Waals surface area contributed by atoms with Crippen LogP contribution in [0.5, 0.6) is 0 Å². The molecule has 0 unspecified atom stereocenters. The molecule has 0 heterocycles. The molecular formula is C9H20U2. The van der Waals surface area contributed by atoms with Gasteiger partial charge in [-0.05, 0) is 0 Å². The molecule has 0 amide bonds. The van der Waals surface area contributed by atoms with Crippen molar-refractivity contribution < 1.29 is 62.2 Å². The Hall–Kier alpha value is 2.10. The monoisotopic (exact) mass is 604 g/mol. The van der Waals surface area contributed by atoms with Crippen LogP contribution in [0.25, 0.3) is 0 Å². The molecule has 0 atom stereocenters. The molecule has 0 aromatic carbocycles. The molecule has 0 aliphatic heterocycles. The molecule has 0 aromatic heterocycles. The van der Waals surface area contributed by atoms with Gasteiger partial charge in [0.25, 0.3) is 0 Å². The summed E-state index contributed by atoms with van der Waals surface area (Å²) in [5.41, 5.74) is 0. The average Bonchev–Trinajstić information content (AvgIpc) is 1.65. The van der Waals surface area contributed by atoms with Crippen molar-refractivity contribution in [2.24, 2.45) is 0 Å². The van der Waals surface area contributed by atoms with E-state index in [-0.39, 0.29) is 62.2 Å². The third-order valence-electron chi connectivity index (χ3n) is 0.707. The van der Waals surface area contributed by atoms with Crippen molar-refractivity contribution in [2.45, 2.75) is 48.0 Å². The largest absolute Gasteiger partial charge is 2.00 e. The maximum Gasteiger partial charge on any atom is 2.00 e. The van der Waals surface area contributed by atoms with Crippen LogP contribution in [0.3, 0.4) is 0 Å². The second-order valence-corrected chi connectivity index (χ2v) is 3.06. The van der Waals surface area contributed by atoms with Crippen LogP contribution in [0.4, 0.5) is 0 Å². The smallest absolute Gasteiger partial charge is 0.323 e. The van der Waals surface area contributed by atoms with E-state index in [1.807, 2.05) is 0 Å². The zero-order valence-electron chi connectivity index (χ0n) is 8.71. The van der Waals surface area contributed by atoms with Gasteiger partial charge in [-0.3, -0.25) is 0 Å². The number of hydrogen-bond donors (Lipinski definition) is 0. The first-order chi connectivity index (χ1) is 4.00. The van der Waals surface area contributed by atoms with Gasteiger partial charge in [0.15, 0.2) is 0 Å². The van der Waals surface area contributed by atoms with Crippen LogP contribution < -0.4 is 0 Å². The van der Waals surface area contributed by atoms with Crippen molar-refractivity contribution in [3.05, 3.63) is 11.8 Å². The molecule has 0 N–H and O–H groups in total. The number of hydrogen-bond acceptors (Lipinski definition) is 0. The third-order valence-corrected chi connectivity index (χ3v) is 0.707. The summed E-state index contributed by atoms with van der Waals surface area (Å²) < 4.78 is 0. The van der Waals surface area contributed by atoms with E-state index < -0.39 is 0 Å². The normalized spacial score (nSPS) is 7.64. The Morgan fingerprint density at radius 2 is 1.00 bits per heavy atom. The predicted octanol–water partition coefficient (Wildman–Crippen LogP) is 3.63. The zero-order chi connectivity index (χ0) is 7.86. The van der Waals surface area contributed by atoms with E-state index in [9.17, 15) is 0 Å². The van der Waals surface area contributed by atoms with Crippen LogP contribution >= 0.6 is 0 Å². The minimum Gasteiger partial charge on any atom is -0.323 e. The summed E-state index contributed by atoms with van der Waals surface area (Å²) in [4.78, 5) is 0. The van der Waals surface area contributed by atoms with Gasteiger partial charge in [0.05, 0.1) is 0 Å². The molecular weight excluding hydrogens is 584 g/mol. The van der Waals surface area contributed by atoms with Gasteiger partial charge in [-0.25, -0.2) is 0 Å². The molecule has 0 spiro atoms. The first-order valence-electron chi connectivity index (χ1n) is 3.56. The summed E-state index contributed by atoms with van der Waals surface area (Å²) in [5.74, 6) is 2.92. The Balaban J connectivity index is -0.0000000383. The first kappa shape index (κ1) is 23.2. The van der Waals surface area contributed by atoms with E-state index in [1.54, 1.807) is 0 Å². The Morgan fingerprint density at radius 1 is 0.909 bits per heavy atom. The molecule has 0 saturated carbocycles. The maximum absolute atomic E-state index is 2.16. The van der Waals surface area contributed by atoms with E-state index in [2.05, 4.69) is 41.5 Å². The van der Waals surface area contributed by atoms with E-state index in [0.29, 0.717) is 0 Å². The Labute approximate surface area is 120 Å². The van der Waals surface area contributed by atoms with Crippen LogP contribution in [0.2, 0.25) is 0 Å². The van der Waals surface area contributed by atoms with E-state index in [4.69, 9.17) is 0 Å². The molecule has 0 fully saturated rings. The van der Waals surface area contributed by atoms with Crippen molar-refractivity contribution in [1.82, 2.24) is 0 Å². The van der Waals surface area contributed by atoms with Crippen LogP contribution in [0, 0.1) is 74.1 Å². The van der Waals surface area contributed by atoms with Crippen LogP contribution in [-0.2, 0) is 0 Å². The van der Waals surface area contributed by atoms with Gasteiger partial charge in [0, 0.05) is 31.1 Å². The van der Waals surface area contributed by atoms with E-state index in [0.717, 1.165) is 0 Å². The summed E-state index contributed by atoms with van der Waals surface area (Å²) in [5, 5.41) is 0. The molecule has 0 saturated heterocycles. The maximum atomic E-state index is 2.16. The van der Waals surface area contributed by atoms with Crippen molar-refractivity contribution in [3.63, 3.8) is 0 Å². The average molecular weight is 604 g/mol. The zero-order valence-corrected chi connectivity index (χ0v) is 17.0. The van der Waals surface area contributed by atoms with Crippen LogP contribution in [0.15, 0.2) is 0 Å². The third kappa shape index (κ3) is 73.4. The van der Waals surface area contributed by atoms with Crippen molar-refractivity contribution in [3.8, 4) is 0 Å². The van der Waals surface area contributed by atoms with Crippen molar-refractivity contribution in [2.75, 3.05) is 0 Å². The molecule has 2 heteroatoms. The second kappa shape index (κ2) is 18.0. The fraction of sp³-hybridized carbons (Fsp3) is 0.778. The van der Waals surface area contributed by atoms with Crippen molar-refractivity contribution in [1.29, 1.82) is 0 Å². The standard InChI is InChI=1S/C5H11.C4H9.2U/c1-4-5(2)3;1-4(2)3;;/h4H2,1-3H3;1-3H3;;/q2*-1;;+2. The van der Waals surface area contributed by atoms with Crippen LogP contribution in [0.1, 0.15) is 48.0 Å². The quantitative estimate of drug-likeness (QED) is 0.402. The van der Waals surface area contributed by atoms with Gasteiger partial charge < -0.3 is 11.8 Å². The molecule has 0 aliphatic carbocycles. The summed E-state index contributed by atoms with van der Waals surface area (Å²) >= 11 is 0. The minimum absolute atomic E-state index is 0. The molecule has 0 aromatic rings. The SMILES string of the molecule is CC[C-](C)C.C[C-](C)C.[U+2].[U]. The number of rotatable bonds is 1. The molecule has 11 heavy (non-hydrogen) atoms. The van der Waals surface area contributed by atoms with Gasteiger partial charge in [-0.2, -0.15) is 41.0 Å². The topological polar surface area (TPSA) is 0 Å². The summed E-state index contributed by atoms with van der Waals surface area (Å²) in [7, 11) is 0. The first-order valence-corrected chi connectivity index (χ1v) is 3.56. The van der Waals surface area contributed by atoms with Gasteiger partial charge in [-0.15, -0.1) is 0 Å². The predicted molar refractivity (Wildman–Crippen MR) is 45.1 cm³/mol. The van der Waals surface area contributed by atoms with Gasteiger partial charge in [-0.1, -0.05) is 6.92 Å². The molecule has 0 radical (unpaired) electrons. The molecule has 0 nitrogen and oxygen atoms in total. The Bertz CT molecular complexity index is 40.1. The van der Waals surface area contributed by atoms with Crippen molar-refractivity contribution >= 4 is 0 Å². The molecule has 0 bridgehead atoms. The molecule has 0 rings (SSSR count). The minimum atomic E-state index is 0. The van der Waals surface area contributed by atoms with Gasteiger partial charge in [0.1, 0.15) is 0 Å². The Kier molecular flexibility index (Phi) is 37.9. The summed E-state index contributed by atoms with van der Waals surface area (Å²) in [6.45, 7) is 12.7. The van der Waals surface area contributed by atoms with Crippen LogP contribution in [-0.4, -0.2) is 0 Å². The van der Waals surface area contributed by atoms with E-state index >= 15 is 0 Å². The fourth-order valence-corrected chi connectivity index (χ4v) is 0. The van der Waals surface area contributed by atoms with Gasteiger partial charge in [0.2, 0.25) is 0 Å². The molecule has 64 valence electrons. The summed E-state index contributed by atoms with van der Waals surface area (Å²) in [6.07, 6.45) is 1.22. The Morgan fingerprint density at radius 3 is 1.00 bits per heavy atom. The van der Waals surface area contributed by atoms with E-state index in [1.165, 1.54) is 18.3 Å². The van der Waals surface area contributed by atoms with Gasteiger partial charge >= 0.3 is 31.1 Å².